The number of pyridine rings is 1. The molecule has 0 spiro atoms. The number of nitrogens with zero attached hydrogens (tertiary/aromatic N) is 5. The van der Waals surface area contributed by atoms with Crippen molar-refractivity contribution in [1.29, 1.82) is 0 Å². The molecular weight excluding hydrogens is 268 g/mol. The van der Waals surface area contributed by atoms with E-state index in [0.29, 0.717) is 24.3 Å². The second-order valence-electron chi connectivity index (χ2n) is 5.02. The molecule has 0 radical (unpaired) electrons. The summed E-state index contributed by atoms with van der Waals surface area (Å²) in [5.41, 5.74) is 2.86. The second kappa shape index (κ2) is 5.51. The lowest BCUT2D eigenvalue weighted by atomic mass is 10.2. The summed E-state index contributed by atoms with van der Waals surface area (Å²) in [5, 5.41) is 11.7. The van der Waals surface area contributed by atoms with Gasteiger partial charge in [0.1, 0.15) is 11.0 Å². The zero-order valence-corrected chi connectivity index (χ0v) is 12.4. The molecule has 1 atom stereocenters. The van der Waals surface area contributed by atoms with Crippen LogP contribution in [-0.4, -0.2) is 24.9 Å². The van der Waals surface area contributed by atoms with Crippen molar-refractivity contribution in [3.05, 3.63) is 30.2 Å². The van der Waals surface area contributed by atoms with E-state index in [9.17, 15) is 0 Å². The third-order valence-corrected chi connectivity index (χ3v) is 3.50. The van der Waals surface area contributed by atoms with Crippen molar-refractivity contribution in [1.82, 2.24) is 24.9 Å². The average molecular weight is 286 g/mol. The monoisotopic (exact) mass is 286 g/mol. The highest BCUT2D eigenvalue weighted by atomic mass is 16.5. The van der Waals surface area contributed by atoms with Gasteiger partial charge in [-0.25, -0.2) is 0 Å². The Morgan fingerprint density at radius 3 is 3.00 bits per heavy atom. The van der Waals surface area contributed by atoms with Gasteiger partial charge < -0.3 is 9.84 Å². The molecule has 0 aromatic carbocycles. The fourth-order valence-corrected chi connectivity index (χ4v) is 2.22. The number of aromatic nitrogens is 5. The molecule has 7 nitrogen and oxygen atoms in total. The maximum absolute atomic E-state index is 4.97. The van der Waals surface area contributed by atoms with Crippen LogP contribution in [0.5, 0.6) is 0 Å². The highest BCUT2D eigenvalue weighted by Crippen LogP contribution is 2.25. The van der Waals surface area contributed by atoms with Crippen molar-refractivity contribution >= 4 is 16.7 Å². The number of hydrogen-bond donors (Lipinski definition) is 1. The first-order chi connectivity index (χ1) is 10.2. The average Bonchev–Trinajstić information content (AvgIpc) is 3.10. The smallest absolute Gasteiger partial charge is 0.223 e. The lowest BCUT2D eigenvalue weighted by Crippen LogP contribution is -2.08. The minimum atomic E-state index is 0.319. The zero-order valence-electron chi connectivity index (χ0n) is 12.4. The van der Waals surface area contributed by atoms with E-state index in [1.54, 1.807) is 19.3 Å². The lowest BCUT2D eigenvalue weighted by Gasteiger charge is -2.13. The summed E-state index contributed by atoms with van der Waals surface area (Å²) in [4.78, 5) is 8.55. The second-order valence-corrected chi connectivity index (χ2v) is 5.02. The Bertz CT molecular complexity index is 747. The molecule has 3 aromatic rings. The largest absolute Gasteiger partial charge is 0.376 e. The first kappa shape index (κ1) is 13.5. The van der Waals surface area contributed by atoms with Crippen LogP contribution < -0.4 is 5.32 Å². The minimum Gasteiger partial charge on any atom is -0.376 e. The van der Waals surface area contributed by atoms with Crippen LogP contribution in [0.25, 0.3) is 11.0 Å². The molecule has 0 saturated carbocycles. The third-order valence-electron chi connectivity index (χ3n) is 3.50. The standard InChI is InChI=1S/C14H18N6O/c1-4-9(2)20-14-11(5-6-15-12(14)7-17-20)16-8-13-18-10(3)21-19-13/h5-7,9H,4,8H2,1-3H3,(H,15,16). The van der Waals surface area contributed by atoms with Gasteiger partial charge in [-0.15, -0.1) is 0 Å². The quantitative estimate of drug-likeness (QED) is 0.776. The highest BCUT2D eigenvalue weighted by Gasteiger charge is 2.13. The SMILES string of the molecule is CCC(C)n1ncc2nccc(NCc3noc(C)n3)c21. The van der Waals surface area contributed by atoms with E-state index in [2.05, 4.69) is 39.4 Å². The van der Waals surface area contributed by atoms with Crippen LogP contribution in [0.3, 0.4) is 0 Å². The van der Waals surface area contributed by atoms with E-state index < -0.39 is 0 Å². The first-order valence-electron chi connectivity index (χ1n) is 7.04. The number of anilines is 1. The number of aryl methyl sites for hydroxylation is 1. The third kappa shape index (κ3) is 2.58. The molecule has 0 aliphatic heterocycles. The molecule has 21 heavy (non-hydrogen) atoms. The summed E-state index contributed by atoms with van der Waals surface area (Å²) in [6, 6.07) is 2.26. The summed E-state index contributed by atoms with van der Waals surface area (Å²) in [6.07, 6.45) is 4.58. The molecule has 0 bridgehead atoms. The van der Waals surface area contributed by atoms with Crippen molar-refractivity contribution in [3.8, 4) is 0 Å². The number of fused-ring (bicyclic) bond motifs is 1. The summed E-state index contributed by atoms with van der Waals surface area (Å²) in [7, 11) is 0. The normalized spacial score (nSPS) is 12.7. The first-order valence-corrected chi connectivity index (χ1v) is 7.04. The maximum atomic E-state index is 4.97. The van der Waals surface area contributed by atoms with Crippen molar-refractivity contribution in [2.45, 2.75) is 39.8 Å². The summed E-state index contributed by atoms with van der Waals surface area (Å²) < 4.78 is 6.98. The summed E-state index contributed by atoms with van der Waals surface area (Å²) in [5.74, 6) is 1.20. The van der Waals surface area contributed by atoms with Gasteiger partial charge in [-0.1, -0.05) is 12.1 Å². The van der Waals surface area contributed by atoms with Gasteiger partial charge in [-0.3, -0.25) is 9.67 Å². The molecule has 110 valence electrons. The zero-order chi connectivity index (χ0) is 14.8. The molecule has 7 heteroatoms. The van der Waals surface area contributed by atoms with Crippen molar-refractivity contribution < 1.29 is 4.52 Å². The number of hydrogen-bond acceptors (Lipinski definition) is 6. The molecule has 0 amide bonds. The number of nitrogens with one attached hydrogen (secondary N) is 1. The van der Waals surface area contributed by atoms with Gasteiger partial charge in [0, 0.05) is 19.2 Å². The topological polar surface area (TPSA) is 81.7 Å². The Hall–Kier alpha value is -2.44. The van der Waals surface area contributed by atoms with Crippen LogP contribution in [0.4, 0.5) is 5.69 Å². The fraction of sp³-hybridized carbons (Fsp3) is 0.429. The lowest BCUT2D eigenvalue weighted by molar-refractivity contribution is 0.388. The summed E-state index contributed by atoms with van der Waals surface area (Å²) >= 11 is 0. The molecule has 3 heterocycles. The van der Waals surface area contributed by atoms with E-state index in [0.717, 1.165) is 23.1 Å². The van der Waals surface area contributed by atoms with E-state index in [1.165, 1.54) is 0 Å². The number of rotatable bonds is 5. The minimum absolute atomic E-state index is 0.319. The molecule has 0 fully saturated rings. The van der Waals surface area contributed by atoms with Gasteiger partial charge in [0.2, 0.25) is 5.89 Å². The van der Waals surface area contributed by atoms with Crippen LogP contribution in [0, 0.1) is 6.92 Å². The molecule has 0 aliphatic carbocycles. The Labute approximate surface area is 122 Å². The maximum Gasteiger partial charge on any atom is 0.223 e. The van der Waals surface area contributed by atoms with Gasteiger partial charge in [0.25, 0.3) is 0 Å². The molecule has 3 rings (SSSR count). The van der Waals surface area contributed by atoms with Crippen molar-refractivity contribution in [3.63, 3.8) is 0 Å². The van der Waals surface area contributed by atoms with E-state index in [1.807, 2.05) is 10.7 Å². The summed E-state index contributed by atoms with van der Waals surface area (Å²) in [6.45, 7) is 6.57. The van der Waals surface area contributed by atoms with Gasteiger partial charge in [-0.2, -0.15) is 10.1 Å². The van der Waals surface area contributed by atoms with Crippen molar-refractivity contribution in [2.75, 3.05) is 5.32 Å². The van der Waals surface area contributed by atoms with Crippen LogP contribution in [0.2, 0.25) is 0 Å². The fourth-order valence-electron chi connectivity index (χ4n) is 2.22. The van der Waals surface area contributed by atoms with Crippen LogP contribution >= 0.6 is 0 Å². The molecule has 1 unspecified atom stereocenters. The molecule has 3 aromatic heterocycles. The van der Waals surface area contributed by atoms with Gasteiger partial charge in [-0.05, 0) is 19.4 Å². The van der Waals surface area contributed by atoms with E-state index in [4.69, 9.17) is 4.52 Å². The van der Waals surface area contributed by atoms with Gasteiger partial charge in [0.15, 0.2) is 5.82 Å². The Kier molecular flexibility index (Phi) is 3.55. The van der Waals surface area contributed by atoms with Crippen molar-refractivity contribution in [2.24, 2.45) is 0 Å². The Morgan fingerprint density at radius 1 is 1.43 bits per heavy atom. The molecular formula is C14H18N6O. The van der Waals surface area contributed by atoms with Crippen LogP contribution in [0.1, 0.15) is 38.0 Å². The van der Waals surface area contributed by atoms with Gasteiger partial charge >= 0.3 is 0 Å². The Balaban J connectivity index is 1.92. The molecule has 0 aliphatic rings. The molecule has 1 N–H and O–H groups in total. The predicted octanol–water partition coefficient (Wildman–Crippen LogP) is 2.71. The highest BCUT2D eigenvalue weighted by molar-refractivity contribution is 5.87. The van der Waals surface area contributed by atoms with Gasteiger partial charge in [0.05, 0.1) is 18.4 Å². The van der Waals surface area contributed by atoms with E-state index in [-0.39, 0.29) is 0 Å². The molecule has 0 saturated heterocycles. The van der Waals surface area contributed by atoms with Crippen LogP contribution in [0.15, 0.2) is 23.0 Å². The van der Waals surface area contributed by atoms with Crippen LogP contribution in [-0.2, 0) is 6.54 Å². The predicted molar refractivity (Wildman–Crippen MR) is 78.9 cm³/mol. The van der Waals surface area contributed by atoms with E-state index >= 15 is 0 Å². The Morgan fingerprint density at radius 2 is 2.29 bits per heavy atom.